The van der Waals surface area contributed by atoms with Gasteiger partial charge < -0.3 is 15.3 Å². The van der Waals surface area contributed by atoms with Crippen molar-refractivity contribution in [2.45, 2.75) is 75.3 Å². The van der Waals surface area contributed by atoms with Crippen LogP contribution in [0.2, 0.25) is 0 Å². The Morgan fingerprint density at radius 2 is 2.11 bits per heavy atom. The van der Waals surface area contributed by atoms with Crippen molar-refractivity contribution in [1.82, 2.24) is 35.3 Å². The van der Waals surface area contributed by atoms with Crippen LogP contribution in [0.4, 0.5) is 10.3 Å². The van der Waals surface area contributed by atoms with E-state index in [4.69, 9.17) is 5.26 Å². The monoisotopic (exact) mass is 475 g/mol. The molecule has 0 spiro atoms. The number of phenols is 1. The van der Waals surface area contributed by atoms with Crippen LogP contribution in [-0.2, 0) is 0 Å². The number of benzene rings is 1. The lowest BCUT2D eigenvalue weighted by Gasteiger charge is -2.52. The number of rotatable bonds is 5. The maximum atomic E-state index is 15.8. The minimum absolute atomic E-state index is 0.0256. The SMILES string of the molecule is C[C@]12CCC[C@@H](C[C@@H](N(c3ncc(-c4ccc(-n5cnc(C#N)n5)cc4O)nn3)C3CC3)[C@H]1F)N2. The molecule has 2 bridgehead atoms. The molecular weight excluding hydrogens is 449 g/mol. The number of aromatic hydroxyl groups is 1. The number of nitriles is 1. The lowest BCUT2D eigenvalue weighted by molar-refractivity contribution is 0.0383. The molecule has 11 heteroatoms. The fourth-order valence-electron chi connectivity index (χ4n) is 5.57. The van der Waals surface area contributed by atoms with Crippen molar-refractivity contribution in [3.63, 3.8) is 0 Å². The molecule has 2 N–H and O–H groups in total. The minimum atomic E-state index is -1.02. The number of phenolic OH excluding ortho intramolecular Hbond substituents is 1. The quantitative estimate of drug-likeness (QED) is 0.572. The van der Waals surface area contributed by atoms with E-state index in [0.29, 0.717) is 28.9 Å². The second-order valence-corrected chi connectivity index (χ2v) is 9.96. The number of aromatic nitrogens is 6. The number of nitrogens with zero attached hydrogens (tertiary/aromatic N) is 8. The summed E-state index contributed by atoms with van der Waals surface area (Å²) in [6.45, 7) is 2.00. The molecule has 0 radical (unpaired) electrons. The number of piperidine rings is 2. The fraction of sp³-hybridized carbons (Fsp3) is 0.500. The molecule has 1 aliphatic carbocycles. The van der Waals surface area contributed by atoms with Crippen molar-refractivity contribution in [3.8, 4) is 28.8 Å². The van der Waals surface area contributed by atoms with E-state index in [2.05, 4.69) is 35.5 Å². The lowest BCUT2D eigenvalue weighted by Crippen LogP contribution is -2.69. The average molecular weight is 476 g/mol. The van der Waals surface area contributed by atoms with E-state index in [-0.39, 0.29) is 23.7 Å². The number of hydrogen-bond acceptors (Lipinski definition) is 9. The number of nitrogens with one attached hydrogen (secondary N) is 1. The number of hydrogen-bond donors (Lipinski definition) is 2. The van der Waals surface area contributed by atoms with Gasteiger partial charge in [-0.25, -0.2) is 19.0 Å². The molecule has 4 atom stereocenters. The molecule has 0 amide bonds. The van der Waals surface area contributed by atoms with Crippen molar-refractivity contribution >= 4 is 5.95 Å². The van der Waals surface area contributed by atoms with E-state index in [0.717, 1.165) is 38.5 Å². The summed E-state index contributed by atoms with van der Waals surface area (Å²) < 4.78 is 17.2. The highest BCUT2D eigenvalue weighted by molar-refractivity contribution is 5.68. The highest BCUT2D eigenvalue weighted by Crippen LogP contribution is 2.42. The third-order valence-corrected chi connectivity index (χ3v) is 7.45. The Kier molecular flexibility index (Phi) is 5.14. The topological polar surface area (TPSA) is 129 Å². The molecule has 1 aromatic carbocycles. The molecule has 10 nitrogen and oxygen atoms in total. The maximum Gasteiger partial charge on any atom is 0.252 e. The Morgan fingerprint density at radius 3 is 2.80 bits per heavy atom. The Hall–Kier alpha value is -3.65. The third-order valence-electron chi connectivity index (χ3n) is 7.45. The van der Waals surface area contributed by atoms with Gasteiger partial charge in [0.2, 0.25) is 5.95 Å². The Bertz CT molecular complexity index is 1280. The molecule has 4 heterocycles. The first-order chi connectivity index (χ1) is 16.9. The highest BCUT2D eigenvalue weighted by Gasteiger charge is 2.52. The number of alkyl halides is 1. The van der Waals surface area contributed by atoms with Crippen LogP contribution in [0.3, 0.4) is 0 Å². The molecular formula is C24H26FN9O. The van der Waals surface area contributed by atoms with Crippen molar-refractivity contribution in [3.05, 3.63) is 36.5 Å². The molecule has 0 unspecified atom stereocenters. The summed E-state index contributed by atoms with van der Waals surface area (Å²) in [6.07, 6.45) is 7.65. The first-order valence-electron chi connectivity index (χ1n) is 12.0. The van der Waals surface area contributed by atoms with Crippen LogP contribution in [-0.4, -0.2) is 64.9 Å². The van der Waals surface area contributed by atoms with E-state index in [1.54, 1.807) is 18.3 Å². The van der Waals surface area contributed by atoms with Crippen LogP contribution in [0.25, 0.3) is 16.9 Å². The van der Waals surface area contributed by atoms with Gasteiger partial charge in [0.1, 0.15) is 30.0 Å². The van der Waals surface area contributed by atoms with Crippen molar-refractivity contribution in [1.29, 1.82) is 5.26 Å². The molecule has 6 rings (SSSR count). The summed E-state index contributed by atoms with van der Waals surface area (Å²) in [5.41, 5.74) is 0.913. The molecule has 3 aliphatic rings. The zero-order valence-corrected chi connectivity index (χ0v) is 19.3. The van der Waals surface area contributed by atoms with Gasteiger partial charge in [0, 0.05) is 29.3 Å². The van der Waals surface area contributed by atoms with E-state index in [1.165, 1.54) is 17.1 Å². The number of fused-ring (bicyclic) bond motifs is 2. The zero-order valence-electron chi connectivity index (χ0n) is 19.3. The van der Waals surface area contributed by atoms with Gasteiger partial charge in [-0.2, -0.15) is 5.26 Å². The van der Waals surface area contributed by atoms with Gasteiger partial charge in [-0.15, -0.1) is 15.3 Å². The molecule has 1 saturated carbocycles. The van der Waals surface area contributed by atoms with E-state index in [1.807, 2.05) is 13.0 Å². The van der Waals surface area contributed by atoms with Crippen LogP contribution < -0.4 is 10.2 Å². The third kappa shape index (κ3) is 3.87. The van der Waals surface area contributed by atoms with Gasteiger partial charge >= 0.3 is 0 Å². The minimum Gasteiger partial charge on any atom is -0.507 e. The molecule has 2 aromatic heterocycles. The van der Waals surface area contributed by atoms with Gasteiger partial charge in [0.25, 0.3) is 5.82 Å². The second-order valence-electron chi connectivity index (χ2n) is 9.96. The molecule has 2 saturated heterocycles. The second kappa shape index (κ2) is 8.23. The van der Waals surface area contributed by atoms with Gasteiger partial charge in [0.05, 0.1) is 17.9 Å². The summed E-state index contributed by atoms with van der Waals surface area (Å²) in [5, 5.41) is 35.8. The predicted molar refractivity (Wildman–Crippen MR) is 125 cm³/mol. The molecule has 3 aromatic rings. The Balaban J connectivity index is 1.26. The largest absolute Gasteiger partial charge is 0.507 e. The normalized spacial score (nSPS) is 27.9. The average Bonchev–Trinajstić information content (AvgIpc) is 3.57. The van der Waals surface area contributed by atoms with Crippen LogP contribution >= 0.6 is 0 Å². The Labute approximate surface area is 201 Å². The summed E-state index contributed by atoms with van der Waals surface area (Å²) in [4.78, 5) is 10.5. The van der Waals surface area contributed by atoms with Crippen LogP contribution in [0.15, 0.2) is 30.7 Å². The Morgan fingerprint density at radius 1 is 1.26 bits per heavy atom. The van der Waals surface area contributed by atoms with Gasteiger partial charge in [-0.3, -0.25) is 0 Å². The summed E-state index contributed by atoms with van der Waals surface area (Å²) in [7, 11) is 0. The standard InChI is InChI=1S/C24H26FN9O/c1-24-8-2-3-14(29-24)9-19(22(24)25)34(15-4-5-15)23-27-12-18(30-31-23)17-7-6-16(10-20(17)35)33-13-28-21(11-26)32-33/h6-7,10,12-15,19,22,29,35H,2-5,8-9H2,1H3/t14-,19+,22+,24-/m0/s1. The van der Waals surface area contributed by atoms with E-state index >= 15 is 4.39 Å². The number of anilines is 1. The summed E-state index contributed by atoms with van der Waals surface area (Å²) in [6, 6.07) is 7.08. The van der Waals surface area contributed by atoms with Crippen molar-refractivity contribution in [2.75, 3.05) is 4.90 Å². The van der Waals surface area contributed by atoms with Crippen LogP contribution in [0.5, 0.6) is 5.75 Å². The van der Waals surface area contributed by atoms with Crippen molar-refractivity contribution in [2.24, 2.45) is 0 Å². The first-order valence-corrected chi connectivity index (χ1v) is 12.0. The molecule has 3 fully saturated rings. The van der Waals surface area contributed by atoms with Gasteiger partial charge in [0.15, 0.2) is 0 Å². The summed E-state index contributed by atoms with van der Waals surface area (Å²) in [5.74, 6) is 0.457. The van der Waals surface area contributed by atoms with Crippen LogP contribution in [0.1, 0.15) is 51.3 Å². The van der Waals surface area contributed by atoms with Gasteiger partial charge in [-0.05, 0) is 57.6 Å². The van der Waals surface area contributed by atoms with E-state index in [9.17, 15) is 5.11 Å². The van der Waals surface area contributed by atoms with E-state index < -0.39 is 11.7 Å². The highest BCUT2D eigenvalue weighted by atomic mass is 19.1. The fourth-order valence-corrected chi connectivity index (χ4v) is 5.57. The lowest BCUT2D eigenvalue weighted by atomic mass is 9.73. The van der Waals surface area contributed by atoms with Gasteiger partial charge in [-0.1, -0.05) is 0 Å². The van der Waals surface area contributed by atoms with Crippen molar-refractivity contribution < 1.29 is 9.50 Å². The van der Waals surface area contributed by atoms with Crippen LogP contribution in [0, 0.1) is 11.3 Å². The molecule has 180 valence electrons. The number of halogens is 1. The zero-order chi connectivity index (χ0) is 24.2. The summed E-state index contributed by atoms with van der Waals surface area (Å²) >= 11 is 0. The molecule has 2 aliphatic heterocycles. The first kappa shape index (κ1) is 21.9. The predicted octanol–water partition coefficient (Wildman–Crippen LogP) is 2.68. The molecule has 35 heavy (non-hydrogen) atoms. The maximum absolute atomic E-state index is 15.8. The smallest absolute Gasteiger partial charge is 0.252 e.